The summed E-state index contributed by atoms with van der Waals surface area (Å²) in [7, 11) is 0. The van der Waals surface area contributed by atoms with Crippen molar-refractivity contribution >= 4 is 116 Å². The minimum absolute atomic E-state index is 0.0214. The Hall–Kier alpha value is -7.50. The van der Waals surface area contributed by atoms with E-state index in [1.54, 1.807) is 0 Å². The third-order valence-electron chi connectivity index (χ3n) is 15.3. The molecule has 2 aliphatic heterocycles. The summed E-state index contributed by atoms with van der Waals surface area (Å²) in [4.78, 5) is 2.57. The van der Waals surface area contributed by atoms with E-state index >= 15 is 0 Å². The molecular weight excluding hydrogens is 789 g/mol. The van der Waals surface area contributed by atoms with E-state index in [0.717, 1.165) is 22.5 Å². The molecule has 65 heavy (non-hydrogen) atoms. The second-order valence-corrected chi connectivity index (χ2v) is 20.9. The second kappa shape index (κ2) is 11.8. The largest absolute Gasteiger partial charge is 0.456 e. The molecule has 0 bridgehead atoms. The molecule has 308 valence electrons. The summed E-state index contributed by atoms with van der Waals surface area (Å²) in [5.74, 6) is 0. The van der Waals surface area contributed by atoms with Gasteiger partial charge in [0.15, 0.2) is 0 Å². The smallest absolute Gasteiger partial charge is 0.252 e. The van der Waals surface area contributed by atoms with Crippen LogP contribution in [0, 0.1) is 0 Å². The first-order valence-corrected chi connectivity index (χ1v) is 23.1. The minimum atomic E-state index is -0.0214. The van der Waals surface area contributed by atoms with Crippen LogP contribution in [0.2, 0.25) is 0 Å². The summed E-state index contributed by atoms with van der Waals surface area (Å²) in [5.41, 5.74) is 22.0. The maximum Gasteiger partial charge on any atom is 0.252 e. The van der Waals surface area contributed by atoms with Gasteiger partial charge in [0.1, 0.15) is 11.2 Å². The molecule has 0 fully saturated rings. The van der Waals surface area contributed by atoms with Gasteiger partial charge in [-0.2, -0.15) is 0 Å². The zero-order valence-corrected chi connectivity index (χ0v) is 37.3. The molecule has 0 unspecified atom stereocenters. The number of para-hydroxylation sites is 2. The summed E-state index contributed by atoms with van der Waals surface area (Å²) in [5, 5.41) is 10.1. The number of fused-ring (bicyclic) bond motifs is 8. The lowest BCUT2D eigenvalue weighted by molar-refractivity contribution is 0.590. The maximum atomic E-state index is 6.69. The standard InChI is InChI=1S/C60H44BN3O/c1-59(2,3)34-21-24-36(25-22-34)62-45-27-23-35(60(4,5)6)30-43(45)61-42-17-10-16-41-38-13-7-8-18-44(38)64(58(41)42)49-32-37(31-48(62)57(49)61)63-46-26-20-33-12-9-14-39-40-15-11-19-50-53(40)56-51(65-50)29-28-47(63)55(56)54(46)52(33)39/h7-32H,1-6H3. The highest BCUT2D eigenvalue weighted by Crippen LogP contribution is 2.52. The third-order valence-corrected chi connectivity index (χ3v) is 15.3. The van der Waals surface area contributed by atoms with Crippen LogP contribution in [0.4, 0.5) is 17.1 Å². The summed E-state index contributed by atoms with van der Waals surface area (Å²) in [6.07, 6.45) is 0. The number of hydrogen-bond donors (Lipinski definition) is 0. The molecule has 0 atom stereocenters. The van der Waals surface area contributed by atoms with Crippen LogP contribution >= 0.6 is 0 Å². The van der Waals surface area contributed by atoms with Crippen LogP contribution < -0.4 is 21.3 Å². The van der Waals surface area contributed by atoms with E-state index in [9.17, 15) is 0 Å². The molecule has 5 heterocycles. The maximum absolute atomic E-state index is 6.69. The van der Waals surface area contributed by atoms with E-state index in [1.165, 1.54) is 121 Å². The first-order chi connectivity index (χ1) is 31.5. The van der Waals surface area contributed by atoms with Crippen molar-refractivity contribution in [2.45, 2.75) is 52.4 Å². The molecular formula is C60H44BN3O. The average Bonchev–Trinajstić information content (AvgIpc) is 3.94. The highest BCUT2D eigenvalue weighted by atomic mass is 16.3. The van der Waals surface area contributed by atoms with Gasteiger partial charge in [-0.15, -0.1) is 0 Å². The fourth-order valence-electron chi connectivity index (χ4n) is 12.4. The second-order valence-electron chi connectivity index (χ2n) is 20.9. The zero-order chi connectivity index (χ0) is 43.4. The molecule has 4 nitrogen and oxygen atoms in total. The summed E-state index contributed by atoms with van der Waals surface area (Å²) >= 11 is 0. The average molecular weight is 834 g/mol. The molecule has 0 N–H and O–H groups in total. The summed E-state index contributed by atoms with van der Waals surface area (Å²) < 4.78 is 11.8. The highest BCUT2D eigenvalue weighted by molar-refractivity contribution is 7.00. The van der Waals surface area contributed by atoms with Crippen LogP contribution in [0.5, 0.6) is 0 Å². The van der Waals surface area contributed by atoms with Gasteiger partial charge in [-0.3, -0.25) is 0 Å². The van der Waals surface area contributed by atoms with Crippen LogP contribution in [0.1, 0.15) is 52.7 Å². The normalized spacial score (nSPS) is 13.9. The Kier molecular flexibility index (Phi) is 6.51. The fourth-order valence-corrected chi connectivity index (χ4v) is 12.4. The van der Waals surface area contributed by atoms with Gasteiger partial charge in [0.2, 0.25) is 0 Å². The molecule has 0 saturated heterocycles. The Morgan fingerprint density at radius 3 is 1.92 bits per heavy atom. The predicted octanol–water partition coefficient (Wildman–Crippen LogP) is 14.1. The molecule has 0 spiro atoms. The molecule has 1 aliphatic carbocycles. The van der Waals surface area contributed by atoms with Gasteiger partial charge in [-0.1, -0.05) is 139 Å². The first kappa shape index (κ1) is 35.9. The molecule has 15 rings (SSSR count). The zero-order valence-electron chi connectivity index (χ0n) is 37.3. The van der Waals surface area contributed by atoms with Gasteiger partial charge in [0.05, 0.1) is 22.2 Å². The van der Waals surface area contributed by atoms with Gasteiger partial charge in [0, 0.05) is 60.6 Å². The first-order valence-electron chi connectivity index (χ1n) is 23.1. The number of rotatable bonds is 2. The lowest BCUT2D eigenvalue weighted by atomic mass is 9.33. The van der Waals surface area contributed by atoms with Gasteiger partial charge < -0.3 is 18.5 Å². The van der Waals surface area contributed by atoms with Crippen LogP contribution in [0.25, 0.3) is 98.8 Å². The summed E-state index contributed by atoms with van der Waals surface area (Å²) in [6.45, 7) is 13.9. The highest BCUT2D eigenvalue weighted by Gasteiger charge is 2.43. The van der Waals surface area contributed by atoms with E-state index in [2.05, 4.69) is 213 Å². The molecule has 5 heteroatoms. The summed E-state index contributed by atoms with van der Waals surface area (Å²) in [6, 6.07) is 60.2. The Bertz CT molecular complexity index is 4150. The number of anilines is 3. The minimum Gasteiger partial charge on any atom is -0.456 e. The topological polar surface area (TPSA) is 26.2 Å². The van der Waals surface area contributed by atoms with E-state index in [4.69, 9.17) is 4.42 Å². The van der Waals surface area contributed by atoms with Gasteiger partial charge >= 0.3 is 0 Å². The van der Waals surface area contributed by atoms with Crippen molar-refractivity contribution in [3.63, 3.8) is 0 Å². The van der Waals surface area contributed by atoms with Crippen LogP contribution in [0.3, 0.4) is 0 Å². The van der Waals surface area contributed by atoms with Crippen molar-refractivity contribution in [2.75, 3.05) is 4.90 Å². The molecule has 12 aromatic rings. The van der Waals surface area contributed by atoms with E-state index in [0.29, 0.717) is 0 Å². The van der Waals surface area contributed by atoms with Crippen molar-refractivity contribution in [2.24, 2.45) is 0 Å². The van der Waals surface area contributed by atoms with Crippen LogP contribution in [0.15, 0.2) is 162 Å². The SMILES string of the molecule is CC(C)(C)c1ccc(N2c3ccc(C(C)(C)C)cc3B3c4c2cc(-n2c5ccc6cccc7c6c5c5c6c(ccc52)oc2cccc-7c26)cc4-n2c4ccccc4c4cccc3c42)cc1. The fraction of sp³-hybridized carbons (Fsp3) is 0.133. The van der Waals surface area contributed by atoms with Gasteiger partial charge in [-0.05, 0) is 121 Å². The van der Waals surface area contributed by atoms with Crippen molar-refractivity contribution in [1.82, 2.24) is 9.13 Å². The van der Waals surface area contributed by atoms with Crippen molar-refractivity contribution in [1.29, 1.82) is 0 Å². The van der Waals surface area contributed by atoms with E-state index in [-0.39, 0.29) is 17.5 Å². The molecule has 3 aromatic heterocycles. The Morgan fingerprint density at radius 1 is 0.431 bits per heavy atom. The van der Waals surface area contributed by atoms with Crippen LogP contribution in [-0.2, 0) is 10.8 Å². The molecule has 9 aromatic carbocycles. The monoisotopic (exact) mass is 833 g/mol. The molecule has 3 aliphatic rings. The molecule has 0 saturated carbocycles. The van der Waals surface area contributed by atoms with Crippen molar-refractivity contribution < 1.29 is 4.42 Å². The number of benzene rings is 9. The number of furan rings is 1. The number of aromatic nitrogens is 2. The Morgan fingerprint density at radius 2 is 1.11 bits per heavy atom. The van der Waals surface area contributed by atoms with E-state index < -0.39 is 0 Å². The lowest BCUT2D eigenvalue weighted by Crippen LogP contribution is -2.60. The van der Waals surface area contributed by atoms with E-state index in [1.807, 2.05) is 0 Å². The lowest BCUT2D eigenvalue weighted by Gasteiger charge is -2.41. The van der Waals surface area contributed by atoms with Crippen molar-refractivity contribution in [3.8, 4) is 22.5 Å². The Labute approximate surface area is 377 Å². The van der Waals surface area contributed by atoms with Gasteiger partial charge in [-0.25, -0.2) is 0 Å². The van der Waals surface area contributed by atoms with Crippen LogP contribution in [-0.4, -0.2) is 15.8 Å². The molecule has 0 amide bonds. The number of hydrogen-bond acceptors (Lipinski definition) is 2. The van der Waals surface area contributed by atoms with Gasteiger partial charge in [0.25, 0.3) is 6.71 Å². The quantitative estimate of drug-likeness (QED) is 0.162. The molecule has 0 radical (unpaired) electrons. The predicted molar refractivity (Wildman–Crippen MR) is 276 cm³/mol. The van der Waals surface area contributed by atoms with Crippen molar-refractivity contribution in [3.05, 3.63) is 169 Å². The number of nitrogens with zero attached hydrogens (tertiary/aromatic N) is 3. The Balaban J connectivity index is 1.13. The third kappa shape index (κ3) is 4.44.